The first-order valence-electron chi connectivity index (χ1n) is 7.66. The Morgan fingerprint density at radius 1 is 0.958 bits per heavy atom. The number of hydrogen-bond acceptors (Lipinski definition) is 3. The Labute approximate surface area is 138 Å². The number of ketones is 1. The first-order chi connectivity index (χ1) is 11.6. The minimum atomic E-state index is -0.0720. The van der Waals surface area contributed by atoms with Crippen LogP contribution in [-0.4, -0.2) is 15.5 Å². The third kappa shape index (κ3) is 2.04. The van der Waals surface area contributed by atoms with E-state index in [1.165, 1.54) is 0 Å². The van der Waals surface area contributed by atoms with Gasteiger partial charge < -0.3 is 15.4 Å². The van der Waals surface area contributed by atoms with Crippen LogP contribution in [-0.2, 0) is 7.05 Å². The summed E-state index contributed by atoms with van der Waals surface area (Å²) in [6.07, 6.45) is 0. The lowest BCUT2D eigenvalue weighted by Crippen LogP contribution is -2.07. The largest absolute Gasteiger partial charge is 0.507 e. The number of hydrogen-bond donors (Lipinski definition) is 2. The fraction of sp³-hybridized carbons (Fsp3) is 0.0500. The molecule has 118 valence electrons. The van der Waals surface area contributed by atoms with Gasteiger partial charge in [0, 0.05) is 35.1 Å². The SMILES string of the molecule is Cn1c(C(=O)c2ccc(N)cc2)cc2c3ccccc3c(O)cc21. The Morgan fingerprint density at radius 2 is 1.62 bits per heavy atom. The second-order valence-electron chi connectivity index (χ2n) is 5.91. The van der Waals surface area contributed by atoms with Crippen LogP contribution >= 0.6 is 0 Å². The van der Waals surface area contributed by atoms with Crippen LogP contribution in [0.2, 0.25) is 0 Å². The molecule has 24 heavy (non-hydrogen) atoms. The van der Waals surface area contributed by atoms with Gasteiger partial charge in [0.15, 0.2) is 0 Å². The van der Waals surface area contributed by atoms with Gasteiger partial charge in [-0.05, 0) is 35.7 Å². The highest BCUT2D eigenvalue weighted by molar-refractivity contribution is 6.15. The number of aromatic hydroxyl groups is 1. The number of phenols is 1. The molecule has 0 aliphatic carbocycles. The molecule has 0 aliphatic rings. The fourth-order valence-corrected chi connectivity index (χ4v) is 3.16. The number of nitrogens with zero attached hydrogens (tertiary/aromatic N) is 1. The lowest BCUT2D eigenvalue weighted by Gasteiger charge is -2.06. The van der Waals surface area contributed by atoms with E-state index in [1.54, 1.807) is 30.3 Å². The van der Waals surface area contributed by atoms with Crippen LogP contribution in [0.1, 0.15) is 16.1 Å². The minimum Gasteiger partial charge on any atom is -0.507 e. The molecule has 3 aromatic carbocycles. The molecule has 0 atom stereocenters. The molecule has 0 spiro atoms. The molecule has 4 heteroatoms. The summed E-state index contributed by atoms with van der Waals surface area (Å²) in [5.41, 5.74) is 8.30. The first-order valence-corrected chi connectivity index (χ1v) is 7.66. The highest BCUT2D eigenvalue weighted by atomic mass is 16.3. The van der Waals surface area contributed by atoms with Crippen LogP contribution in [0.3, 0.4) is 0 Å². The maximum absolute atomic E-state index is 12.8. The molecule has 1 heterocycles. The van der Waals surface area contributed by atoms with Crippen molar-refractivity contribution in [2.45, 2.75) is 0 Å². The second-order valence-corrected chi connectivity index (χ2v) is 5.91. The van der Waals surface area contributed by atoms with Crippen LogP contribution in [0.4, 0.5) is 5.69 Å². The summed E-state index contributed by atoms with van der Waals surface area (Å²) < 4.78 is 1.82. The number of carbonyl (C=O) groups is 1. The van der Waals surface area contributed by atoms with Gasteiger partial charge in [0.25, 0.3) is 0 Å². The molecule has 0 saturated heterocycles. The van der Waals surface area contributed by atoms with Gasteiger partial charge in [0.2, 0.25) is 5.78 Å². The summed E-state index contributed by atoms with van der Waals surface area (Å²) in [6, 6.07) is 18.1. The molecule has 0 bridgehead atoms. The van der Waals surface area contributed by atoms with Crippen molar-refractivity contribution in [3.63, 3.8) is 0 Å². The lowest BCUT2D eigenvalue weighted by molar-refractivity contribution is 0.103. The standard InChI is InChI=1S/C20H16N2O2/c1-22-17-11-19(23)15-5-3-2-4-14(15)16(17)10-18(22)20(24)12-6-8-13(21)9-7-12/h2-11,23H,21H2,1H3. The zero-order valence-corrected chi connectivity index (χ0v) is 13.2. The molecule has 0 amide bonds. The summed E-state index contributed by atoms with van der Waals surface area (Å²) in [4.78, 5) is 12.8. The van der Waals surface area contributed by atoms with E-state index in [2.05, 4.69) is 0 Å². The van der Waals surface area contributed by atoms with Gasteiger partial charge >= 0.3 is 0 Å². The number of benzene rings is 3. The highest BCUT2D eigenvalue weighted by Gasteiger charge is 2.17. The number of aromatic nitrogens is 1. The van der Waals surface area contributed by atoms with Crippen LogP contribution in [0.5, 0.6) is 5.75 Å². The number of fused-ring (bicyclic) bond motifs is 3. The van der Waals surface area contributed by atoms with Crippen molar-refractivity contribution in [3.05, 3.63) is 71.9 Å². The zero-order valence-electron chi connectivity index (χ0n) is 13.2. The van der Waals surface area contributed by atoms with Crippen LogP contribution in [0, 0.1) is 0 Å². The van der Waals surface area contributed by atoms with Gasteiger partial charge in [-0.25, -0.2) is 0 Å². The highest BCUT2D eigenvalue weighted by Crippen LogP contribution is 2.34. The zero-order chi connectivity index (χ0) is 16.8. The van der Waals surface area contributed by atoms with E-state index in [1.807, 2.05) is 41.9 Å². The monoisotopic (exact) mass is 316 g/mol. The number of nitrogen functional groups attached to an aromatic ring is 1. The molecule has 0 radical (unpaired) electrons. The van der Waals surface area contributed by atoms with Gasteiger partial charge in [-0.15, -0.1) is 0 Å². The van der Waals surface area contributed by atoms with Crippen molar-refractivity contribution in [1.82, 2.24) is 4.57 Å². The summed E-state index contributed by atoms with van der Waals surface area (Å²) in [6.45, 7) is 0. The van der Waals surface area contributed by atoms with Gasteiger partial charge in [-0.3, -0.25) is 4.79 Å². The van der Waals surface area contributed by atoms with E-state index in [0.29, 0.717) is 16.9 Å². The Morgan fingerprint density at radius 3 is 2.33 bits per heavy atom. The predicted molar refractivity (Wildman–Crippen MR) is 96.4 cm³/mol. The van der Waals surface area contributed by atoms with Crippen LogP contribution < -0.4 is 5.73 Å². The lowest BCUT2D eigenvalue weighted by atomic mass is 10.0. The van der Waals surface area contributed by atoms with Crippen molar-refractivity contribution in [3.8, 4) is 5.75 Å². The molecule has 1 aromatic heterocycles. The van der Waals surface area contributed by atoms with E-state index < -0.39 is 0 Å². The Kier molecular flexibility index (Phi) is 3.06. The van der Waals surface area contributed by atoms with E-state index in [0.717, 1.165) is 21.7 Å². The van der Waals surface area contributed by atoms with E-state index in [9.17, 15) is 9.90 Å². The molecule has 0 fully saturated rings. The maximum atomic E-state index is 12.8. The van der Waals surface area contributed by atoms with Crippen molar-refractivity contribution in [1.29, 1.82) is 0 Å². The van der Waals surface area contributed by atoms with E-state index in [4.69, 9.17) is 5.73 Å². The topological polar surface area (TPSA) is 68.2 Å². The molecule has 3 N–H and O–H groups in total. The quantitative estimate of drug-likeness (QED) is 0.436. The molecule has 0 aliphatic heterocycles. The summed E-state index contributed by atoms with van der Waals surface area (Å²) in [5.74, 6) is 0.142. The molecule has 0 unspecified atom stereocenters. The van der Waals surface area contributed by atoms with E-state index >= 15 is 0 Å². The van der Waals surface area contributed by atoms with Gasteiger partial charge in [-0.1, -0.05) is 24.3 Å². The number of phenolic OH excluding ortho intramolecular Hbond substituents is 1. The Bertz CT molecular complexity index is 1090. The molecule has 4 rings (SSSR count). The second kappa shape index (κ2) is 5.13. The molecule has 4 nitrogen and oxygen atoms in total. The van der Waals surface area contributed by atoms with Gasteiger partial charge in [0.1, 0.15) is 5.75 Å². The minimum absolute atomic E-state index is 0.0720. The van der Waals surface area contributed by atoms with Crippen molar-refractivity contribution >= 4 is 33.1 Å². The third-order valence-corrected chi connectivity index (χ3v) is 4.45. The summed E-state index contributed by atoms with van der Waals surface area (Å²) >= 11 is 0. The number of nitrogens with two attached hydrogens (primary N) is 1. The average molecular weight is 316 g/mol. The third-order valence-electron chi connectivity index (χ3n) is 4.45. The molecular weight excluding hydrogens is 300 g/mol. The smallest absolute Gasteiger partial charge is 0.209 e. The average Bonchev–Trinajstić information content (AvgIpc) is 2.92. The summed E-state index contributed by atoms with van der Waals surface area (Å²) in [5, 5.41) is 12.9. The number of carbonyl (C=O) groups excluding carboxylic acids is 1. The molecule has 4 aromatic rings. The Balaban J connectivity index is 1.97. The summed E-state index contributed by atoms with van der Waals surface area (Å²) in [7, 11) is 1.83. The van der Waals surface area contributed by atoms with Crippen molar-refractivity contribution in [2.75, 3.05) is 5.73 Å². The maximum Gasteiger partial charge on any atom is 0.209 e. The number of rotatable bonds is 2. The first kappa shape index (κ1) is 14.3. The van der Waals surface area contributed by atoms with Crippen molar-refractivity contribution in [2.24, 2.45) is 7.05 Å². The van der Waals surface area contributed by atoms with E-state index in [-0.39, 0.29) is 11.5 Å². The number of aryl methyl sites for hydroxylation is 1. The molecule has 0 saturated carbocycles. The van der Waals surface area contributed by atoms with Crippen LogP contribution in [0.25, 0.3) is 21.7 Å². The normalized spacial score (nSPS) is 11.2. The van der Waals surface area contributed by atoms with Crippen molar-refractivity contribution < 1.29 is 9.90 Å². The number of anilines is 1. The predicted octanol–water partition coefficient (Wildman–Crippen LogP) is 3.85. The van der Waals surface area contributed by atoms with Crippen LogP contribution in [0.15, 0.2) is 60.7 Å². The Hall–Kier alpha value is -3.27. The van der Waals surface area contributed by atoms with Gasteiger partial charge in [0.05, 0.1) is 11.2 Å². The molecular formula is C20H16N2O2. The fourth-order valence-electron chi connectivity index (χ4n) is 3.16. The van der Waals surface area contributed by atoms with Gasteiger partial charge in [-0.2, -0.15) is 0 Å².